The third kappa shape index (κ3) is 11.7. The van der Waals surface area contributed by atoms with Gasteiger partial charge >= 0.3 is 0 Å². The van der Waals surface area contributed by atoms with Crippen molar-refractivity contribution >= 4 is 111 Å². The predicted octanol–water partition coefficient (Wildman–Crippen LogP) is 20.2. The minimum Gasteiger partial charge on any atom is -0.411 e. The lowest BCUT2D eigenvalue weighted by Crippen LogP contribution is -2.12. The van der Waals surface area contributed by atoms with Crippen LogP contribution in [-0.2, 0) is 19.5 Å². The molecule has 10 aromatic rings. The van der Waals surface area contributed by atoms with Crippen LogP contribution in [0.4, 0.5) is 0 Å². The van der Waals surface area contributed by atoms with Crippen LogP contribution in [0.15, 0.2) is 132 Å². The molecule has 0 radical (unpaired) electrons. The van der Waals surface area contributed by atoms with Gasteiger partial charge in [-0.1, -0.05) is 189 Å². The van der Waals surface area contributed by atoms with Crippen molar-refractivity contribution in [1.82, 2.24) is 9.13 Å². The third-order valence-corrected chi connectivity index (χ3v) is 18.8. The molecule has 8 nitrogen and oxygen atoms in total. The molecule has 0 fully saturated rings. The Labute approximate surface area is 510 Å². The van der Waals surface area contributed by atoms with Gasteiger partial charge in [0.25, 0.3) is 0 Å². The first kappa shape index (κ1) is 60.0. The van der Waals surface area contributed by atoms with Crippen molar-refractivity contribution in [2.75, 3.05) is 4.43 Å². The van der Waals surface area contributed by atoms with Crippen molar-refractivity contribution in [3.63, 3.8) is 0 Å². The van der Waals surface area contributed by atoms with Crippen LogP contribution in [0, 0.1) is 46.5 Å². The number of halogens is 1. The average molecular weight is 1230 g/mol. The molecular weight excluding hydrogens is 1150 g/mol. The number of unbranched alkanes of at least 4 members (excludes halogenated alkanes) is 3. The molecule has 2 aromatic heterocycles. The number of hydrogen-bond donors (Lipinski definition) is 2. The highest BCUT2D eigenvalue weighted by Gasteiger charge is 2.27. The van der Waals surface area contributed by atoms with Gasteiger partial charge in [-0.15, -0.1) is 0 Å². The van der Waals surface area contributed by atoms with Crippen LogP contribution >= 0.6 is 22.6 Å². The summed E-state index contributed by atoms with van der Waals surface area (Å²) in [5.74, 6) is 1.04. The van der Waals surface area contributed by atoms with Crippen molar-refractivity contribution in [3.05, 3.63) is 188 Å². The monoisotopic (exact) mass is 1230 g/mol. The minimum absolute atomic E-state index is 0.0244. The van der Waals surface area contributed by atoms with Gasteiger partial charge in [-0.25, -0.2) is 0 Å². The maximum atomic E-state index is 15.1. The normalized spacial score (nSPS) is 13.2. The highest BCUT2D eigenvalue weighted by Crippen LogP contribution is 2.42. The summed E-state index contributed by atoms with van der Waals surface area (Å²) in [5.41, 5.74) is 16.5. The fourth-order valence-electron chi connectivity index (χ4n) is 14.0. The lowest BCUT2D eigenvalue weighted by atomic mass is 9.88. The Balaban J connectivity index is 0.992. The van der Waals surface area contributed by atoms with Crippen molar-refractivity contribution in [2.24, 2.45) is 22.1 Å². The first-order chi connectivity index (χ1) is 40.8. The molecule has 9 heteroatoms. The smallest absolute Gasteiger partial charge is 0.194 e. The summed E-state index contributed by atoms with van der Waals surface area (Å²) in [4.78, 5) is 30.0. The number of ketones is 2. The van der Waals surface area contributed by atoms with Gasteiger partial charge in [-0.3, -0.25) is 9.59 Å². The molecule has 2 N–H and O–H groups in total. The van der Waals surface area contributed by atoms with Crippen molar-refractivity contribution in [3.8, 4) is 0 Å². The molecule has 0 aliphatic heterocycles. The van der Waals surface area contributed by atoms with E-state index in [1.165, 1.54) is 12.8 Å². The molecule has 0 amide bonds. The molecule has 0 aliphatic rings. The Hall–Kier alpha value is -7.11. The topological polar surface area (TPSA) is 109 Å². The first-order valence-corrected chi connectivity index (χ1v) is 32.5. The average Bonchev–Trinajstić information content (AvgIpc) is 3.14. The Kier molecular flexibility index (Phi) is 18.9. The number of aryl methyl sites for hydroxylation is 6. The van der Waals surface area contributed by atoms with E-state index in [1.807, 2.05) is 26.0 Å². The van der Waals surface area contributed by atoms with Crippen LogP contribution in [0.2, 0.25) is 0 Å². The number of rotatable bonds is 25. The molecule has 434 valence electrons. The molecule has 2 heterocycles. The van der Waals surface area contributed by atoms with Gasteiger partial charge in [0.1, 0.15) is 0 Å². The van der Waals surface area contributed by atoms with E-state index in [4.69, 9.17) is 0 Å². The SMILES string of the molecule is CCCCC(CC)Cn1c2ccc(/C(CCCC/C(=N\O)c3ccc4c(c3)c3cc(C(=O)c5c(C)cc(C)cc5CC)c5ccccc5c3n4CC(CCI)CCCC)=N/O)cc2c2cc(C(=O)c3c(C)cc(C)cc3C)c3ccccc3c21. The molecule has 2 unspecified atom stereocenters. The third-order valence-electron chi connectivity index (χ3n) is 18.2. The van der Waals surface area contributed by atoms with Crippen LogP contribution in [-0.4, -0.2) is 47.0 Å². The van der Waals surface area contributed by atoms with Gasteiger partial charge in [-0.05, 0) is 172 Å². The number of alkyl halides is 1. The van der Waals surface area contributed by atoms with Crippen LogP contribution in [0.25, 0.3) is 65.2 Å². The van der Waals surface area contributed by atoms with Crippen molar-refractivity contribution < 1.29 is 20.0 Å². The van der Waals surface area contributed by atoms with E-state index in [1.54, 1.807) is 0 Å². The van der Waals surface area contributed by atoms with Gasteiger partial charge in [0, 0.05) is 89.8 Å². The fraction of sp³-hybridized carbons (Fsp3) is 0.360. The molecule has 0 saturated carbocycles. The zero-order chi connectivity index (χ0) is 59.3. The maximum Gasteiger partial charge on any atom is 0.194 e. The highest BCUT2D eigenvalue weighted by atomic mass is 127. The summed E-state index contributed by atoms with van der Waals surface area (Å²) in [5, 5.41) is 37.6. The van der Waals surface area contributed by atoms with Crippen LogP contribution in [0.3, 0.4) is 0 Å². The Bertz CT molecular complexity index is 4170. The molecule has 10 rings (SSSR count). The zero-order valence-corrected chi connectivity index (χ0v) is 53.1. The number of nitrogens with zero attached hydrogens (tertiary/aromatic N) is 4. The Morgan fingerprint density at radius 1 is 0.488 bits per heavy atom. The molecular formula is C75H83IN4O4. The Morgan fingerprint density at radius 2 is 0.929 bits per heavy atom. The zero-order valence-electron chi connectivity index (χ0n) is 50.9. The second-order valence-corrected chi connectivity index (χ2v) is 25.1. The van der Waals surface area contributed by atoms with E-state index in [2.05, 4.69) is 200 Å². The van der Waals surface area contributed by atoms with Gasteiger partial charge in [0.2, 0.25) is 0 Å². The van der Waals surface area contributed by atoms with Crippen LogP contribution < -0.4 is 0 Å². The summed E-state index contributed by atoms with van der Waals surface area (Å²) < 4.78 is 6.08. The lowest BCUT2D eigenvalue weighted by Gasteiger charge is -2.19. The van der Waals surface area contributed by atoms with Crippen molar-refractivity contribution in [2.45, 2.75) is 159 Å². The summed E-state index contributed by atoms with van der Waals surface area (Å²) in [6, 6.07) is 42.4. The molecule has 8 aromatic carbocycles. The molecule has 0 spiro atoms. The number of benzene rings is 8. The molecule has 84 heavy (non-hydrogen) atoms. The summed E-state index contributed by atoms with van der Waals surface area (Å²) in [6.07, 6.45) is 12.2. The van der Waals surface area contributed by atoms with E-state index in [-0.39, 0.29) is 11.6 Å². The van der Waals surface area contributed by atoms with Crippen LogP contribution in [0.1, 0.15) is 181 Å². The van der Waals surface area contributed by atoms with E-state index in [0.717, 1.165) is 183 Å². The molecule has 0 bridgehead atoms. The number of carbonyl (C=O) groups is 2. The summed E-state index contributed by atoms with van der Waals surface area (Å²) >= 11 is 2.52. The van der Waals surface area contributed by atoms with Gasteiger partial charge in [0.05, 0.1) is 22.5 Å². The van der Waals surface area contributed by atoms with E-state index >= 15 is 4.79 Å². The Morgan fingerprint density at radius 3 is 1.38 bits per heavy atom. The van der Waals surface area contributed by atoms with E-state index in [0.29, 0.717) is 60.1 Å². The number of oxime groups is 2. The predicted molar refractivity (Wildman–Crippen MR) is 362 cm³/mol. The number of carbonyl (C=O) groups excluding carboxylic acids is 2. The largest absolute Gasteiger partial charge is 0.411 e. The molecule has 2 atom stereocenters. The minimum atomic E-state index is 0.0244. The quantitative estimate of drug-likeness (QED) is 0.0113. The summed E-state index contributed by atoms with van der Waals surface area (Å²) in [7, 11) is 0. The van der Waals surface area contributed by atoms with Crippen molar-refractivity contribution in [1.29, 1.82) is 0 Å². The maximum absolute atomic E-state index is 15.1. The van der Waals surface area contributed by atoms with E-state index < -0.39 is 0 Å². The first-order valence-electron chi connectivity index (χ1n) is 31.0. The number of hydrogen-bond acceptors (Lipinski definition) is 6. The lowest BCUT2D eigenvalue weighted by molar-refractivity contribution is 0.103. The van der Waals surface area contributed by atoms with Gasteiger partial charge in [-0.2, -0.15) is 0 Å². The highest BCUT2D eigenvalue weighted by molar-refractivity contribution is 14.1. The van der Waals surface area contributed by atoms with E-state index in [9.17, 15) is 15.2 Å². The van der Waals surface area contributed by atoms with Gasteiger partial charge < -0.3 is 19.5 Å². The van der Waals surface area contributed by atoms with Crippen LogP contribution in [0.5, 0.6) is 0 Å². The molecule has 0 saturated heterocycles. The standard InChI is InChI=1S/C75H83IN4O4/c1-10-14-22-51(12-3)44-79-68-32-30-54(40-60(68)62-42-64(56-24-16-18-26-58(56)72(62)79)74(81)70-48(7)36-46(5)37-49(70)8)66(77-83)28-20-21-29-67(78-84)55-31-33-69-61(41-55)63-43-65(75(82)71-50(9)38-47(6)39-53(71)13-4)57-25-17-19-27-59(57)73(63)80(69)45-52(34-35-76)23-15-11-2/h16-19,24-27,30-33,36-43,51-52,83-84H,10-15,20-23,28-29,34-35,44-45H2,1-9H3/b77-66+,78-67+. The summed E-state index contributed by atoms with van der Waals surface area (Å²) in [6.45, 7) is 21.0. The number of aromatic nitrogens is 2. The second-order valence-electron chi connectivity index (χ2n) is 24.0. The van der Waals surface area contributed by atoms with Gasteiger partial charge in [0.15, 0.2) is 11.6 Å². The number of fused-ring (bicyclic) bond motifs is 10. The second kappa shape index (κ2) is 26.4. The fourth-order valence-corrected chi connectivity index (χ4v) is 14.9. The molecule has 0 aliphatic carbocycles.